The lowest BCUT2D eigenvalue weighted by Gasteiger charge is -2.24. The minimum atomic E-state index is 0.243. The van der Waals surface area contributed by atoms with Gasteiger partial charge in [0.05, 0.1) is 6.10 Å². The highest BCUT2D eigenvalue weighted by atomic mass is 16.5. The van der Waals surface area contributed by atoms with Crippen LogP contribution >= 0.6 is 0 Å². The van der Waals surface area contributed by atoms with Crippen LogP contribution in [0.2, 0.25) is 0 Å². The van der Waals surface area contributed by atoms with Crippen molar-refractivity contribution in [1.29, 1.82) is 0 Å². The van der Waals surface area contributed by atoms with Gasteiger partial charge in [-0.15, -0.1) is 0 Å². The molecule has 0 heterocycles. The fourth-order valence-corrected chi connectivity index (χ4v) is 2.38. The van der Waals surface area contributed by atoms with Crippen molar-refractivity contribution >= 4 is 5.69 Å². The van der Waals surface area contributed by atoms with E-state index in [2.05, 4.69) is 17.4 Å². The van der Waals surface area contributed by atoms with Crippen LogP contribution in [0.1, 0.15) is 46.0 Å². The third-order valence-corrected chi connectivity index (χ3v) is 3.20. The van der Waals surface area contributed by atoms with Gasteiger partial charge < -0.3 is 10.1 Å². The Kier molecular flexibility index (Phi) is 4.29. The quantitative estimate of drug-likeness (QED) is 0.840. The van der Waals surface area contributed by atoms with Crippen molar-refractivity contribution in [1.82, 2.24) is 0 Å². The van der Waals surface area contributed by atoms with Crippen molar-refractivity contribution in [2.45, 2.75) is 58.1 Å². The van der Waals surface area contributed by atoms with Gasteiger partial charge in [0, 0.05) is 11.7 Å². The van der Waals surface area contributed by atoms with Crippen LogP contribution in [0.15, 0.2) is 24.3 Å². The molecule has 0 atom stereocenters. The summed E-state index contributed by atoms with van der Waals surface area (Å²) in [6, 6.07) is 9.00. The first-order chi connectivity index (χ1) is 8.24. The maximum absolute atomic E-state index is 5.63. The molecule has 17 heavy (non-hydrogen) atoms. The normalized spacial score (nSPS) is 17.1. The summed E-state index contributed by atoms with van der Waals surface area (Å²) < 4.78 is 5.63. The third-order valence-electron chi connectivity index (χ3n) is 3.20. The van der Waals surface area contributed by atoms with Crippen LogP contribution in [0, 0.1) is 0 Å². The van der Waals surface area contributed by atoms with E-state index in [9.17, 15) is 0 Å². The van der Waals surface area contributed by atoms with Gasteiger partial charge in [0.25, 0.3) is 0 Å². The van der Waals surface area contributed by atoms with Crippen LogP contribution in [-0.4, -0.2) is 12.1 Å². The Morgan fingerprint density at radius 3 is 2.29 bits per heavy atom. The molecule has 0 aromatic heterocycles. The van der Waals surface area contributed by atoms with Gasteiger partial charge in [-0.05, 0) is 51.0 Å². The molecule has 0 radical (unpaired) electrons. The Balaban J connectivity index is 1.88. The van der Waals surface area contributed by atoms with E-state index in [4.69, 9.17) is 4.74 Å². The molecular weight excluding hydrogens is 210 g/mol. The van der Waals surface area contributed by atoms with Crippen molar-refractivity contribution in [3.8, 4) is 5.75 Å². The van der Waals surface area contributed by atoms with Crippen molar-refractivity contribution in [3.05, 3.63) is 24.3 Å². The second kappa shape index (κ2) is 5.95. The fraction of sp³-hybridized carbons (Fsp3) is 0.600. The van der Waals surface area contributed by atoms with Crippen LogP contribution in [0.25, 0.3) is 0 Å². The summed E-state index contributed by atoms with van der Waals surface area (Å²) in [6.45, 7) is 4.10. The summed E-state index contributed by atoms with van der Waals surface area (Å²) in [7, 11) is 0. The Morgan fingerprint density at radius 1 is 1.06 bits per heavy atom. The second-order valence-electron chi connectivity index (χ2n) is 5.17. The number of ether oxygens (including phenoxy) is 1. The molecule has 1 aromatic rings. The zero-order valence-corrected chi connectivity index (χ0v) is 10.9. The molecule has 0 spiro atoms. The van der Waals surface area contributed by atoms with Gasteiger partial charge in [-0.25, -0.2) is 0 Å². The average molecular weight is 233 g/mol. The molecule has 0 amide bonds. The lowest BCUT2D eigenvalue weighted by Crippen LogP contribution is -2.22. The molecule has 1 saturated carbocycles. The fourth-order valence-electron chi connectivity index (χ4n) is 2.38. The maximum Gasteiger partial charge on any atom is 0.119 e. The average Bonchev–Trinajstić information content (AvgIpc) is 2.32. The molecule has 2 nitrogen and oxygen atoms in total. The number of benzene rings is 1. The largest absolute Gasteiger partial charge is 0.491 e. The van der Waals surface area contributed by atoms with Gasteiger partial charge in [0.2, 0.25) is 0 Å². The predicted octanol–water partition coefficient (Wildman–Crippen LogP) is 4.22. The standard InChI is InChI=1S/C15H23NO/c1-12(2)17-15-10-8-14(9-11-15)16-13-6-4-3-5-7-13/h8-13,16H,3-7H2,1-2H3. The predicted molar refractivity (Wildman–Crippen MR) is 72.7 cm³/mol. The molecule has 0 saturated heterocycles. The molecular formula is C15H23NO. The van der Waals surface area contributed by atoms with Crippen molar-refractivity contribution in [3.63, 3.8) is 0 Å². The monoisotopic (exact) mass is 233 g/mol. The van der Waals surface area contributed by atoms with Crippen LogP contribution in [0.3, 0.4) is 0 Å². The molecule has 2 rings (SSSR count). The lowest BCUT2D eigenvalue weighted by molar-refractivity contribution is 0.242. The molecule has 1 aliphatic rings. The van der Waals surface area contributed by atoms with Gasteiger partial charge in [0.15, 0.2) is 0 Å². The van der Waals surface area contributed by atoms with E-state index < -0.39 is 0 Å². The van der Waals surface area contributed by atoms with Gasteiger partial charge >= 0.3 is 0 Å². The van der Waals surface area contributed by atoms with Crippen LogP contribution in [-0.2, 0) is 0 Å². The van der Waals surface area contributed by atoms with Crippen molar-refractivity contribution < 1.29 is 4.74 Å². The molecule has 1 aromatic carbocycles. The highest BCUT2D eigenvalue weighted by Gasteiger charge is 2.12. The summed E-state index contributed by atoms with van der Waals surface area (Å²) in [4.78, 5) is 0. The number of hydrogen-bond acceptors (Lipinski definition) is 2. The Hall–Kier alpha value is -1.18. The Bertz CT molecular complexity index is 325. The minimum absolute atomic E-state index is 0.243. The molecule has 0 bridgehead atoms. The van der Waals surface area contributed by atoms with Crippen LogP contribution in [0.4, 0.5) is 5.69 Å². The highest BCUT2D eigenvalue weighted by molar-refractivity contribution is 5.47. The Labute approximate surface area is 104 Å². The second-order valence-corrected chi connectivity index (χ2v) is 5.17. The van der Waals surface area contributed by atoms with Gasteiger partial charge in [-0.1, -0.05) is 19.3 Å². The van der Waals surface area contributed by atoms with Gasteiger partial charge in [-0.2, -0.15) is 0 Å². The minimum Gasteiger partial charge on any atom is -0.491 e. The summed E-state index contributed by atoms with van der Waals surface area (Å²) in [5.74, 6) is 0.953. The topological polar surface area (TPSA) is 21.3 Å². The molecule has 0 unspecified atom stereocenters. The van der Waals surface area contributed by atoms with E-state index >= 15 is 0 Å². The highest BCUT2D eigenvalue weighted by Crippen LogP contribution is 2.23. The van der Waals surface area contributed by atoms with E-state index in [1.165, 1.54) is 37.8 Å². The SMILES string of the molecule is CC(C)Oc1ccc(NC2CCCCC2)cc1. The maximum atomic E-state index is 5.63. The van der Waals surface area contributed by atoms with E-state index in [-0.39, 0.29) is 6.10 Å². The molecule has 1 N–H and O–H groups in total. The smallest absolute Gasteiger partial charge is 0.119 e. The van der Waals surface area contributed by atoms with E-state index in [1.807, 2.05) is 26.0 Å². The molecule has 1 aliphatic carbocycles. The van der Waals surface area contributed by atoms with E-state index in [1.54, 1.807) is 0 Å². The van der Waals surface area contributed by atoms with Crippen LogP contribution in [0.5, 0.6) is 5.75 Å². The Morgan fingerprint density at radius 2 is 1.71 bits per heavy atom. The zero-order chi connectivity index (χ0) is 12.1. The number of anilines is 1. The first-order valence-corrected chi connectivity index (χ1v) is 6.77. The molecule has 94 valence electrons. The summed E-state index contributed by atoms with van der Waals surface area (Å²) in [5.41, 5.74) is 1.22. The third kappa shape index (κ3) is 3.95. The first-order valence-electron chi connectivity index (χ1n) is 6.77. The number of nitrogens with one attached hydrogen (secondary N) is 1. The molecule has 1 fully saturated rings. The van der Waals surface area contributed by atoms with Crippen LogP contribution < -0.4 is 10.1 Å². The van der Waals surface area contributed by atoms with E-state index in [0.29, 0.717) is 6.04 Å². The number of hydrogen-bond donors (Lipinski definition) is 1. The van der Waals surface area contributed by atoms with E-state index in [0.717, 1.165) is 5.75 Å². The number of rotatable bonds is 4. The lowest BCUT2D eigenvalue weighted by atomic mass is 9.95. The summed E-state index contributed by atoms with van der Waals surface area (Å²) in [5, 5.41) is 3.61. The molecule has 2 heteroatoms. The van der Waals surface area contributed by atoms with Gasteiger partial charge in [-0.3, -0.25) is 0 Å². The van der Waals surface area contributed by atoms with Crippen molar-refractivity contribution in [2.24, 2.45) is 0 Å². The first kappa shape index (κ1) is 12.3. The zero-order valence-electron chi connectivity index (χ0n) is 10.9. The molecule has 0 aliphatic heterocycles. The van der Waals surface area contributed by atoms with Gasteiger partial charge in [0.1, 0.15) is 5.75 Å². The van der Waals surface area contributed by atoms with Crippen molar-refractivity contribution in [2.75, 3.05) is 5.32 Å². The summed E-state index contributed by atoms with van der Waals surface area (Å²) in [6.07, 6.45) is 7.00. The summed E-state index contributed by atoms with van der Waals surface area (Å²) >= 11 is 0.